The van der Waals surface area contributed by atoms with E-state index in [-0.39, 0.29) is 12.0 Å². The summed E-state index contributed by atoms with van der Waals surface area (Å²) < 4.78 is 7.78. The second-order valence-corrected chi connectivity index (χ2v) is 6.38. The van der Waals surface area contributed by atoms with Gasteiger partial charge < -0.3 is 14.6 Å². The number of aromatic nitrogens is 6. The summed E-state index contributed by atoms with van der Waals surface area (Å²) in [5, 5.41) is 4.43. The summed E-state index contributed by atoms with van der Waals surface area (Å²) in [7, 11) is 0. The van der Waals surface area contributed by atoms with E-state index in [2.05, 4.69) is 31.6 Å². The van der Waals surface area contributed by atoms with E-state index in [1.807, 2.05) is 13.1 Å². The molecule has 4 heterocycles. The molecule has 9 nitrogen and oxygen atoms in total. The summed E-state index contributed by atoms with van der Waals surface area (Å²) in [5.74, 6) is 1.03. The molecule has 3 aromatic heterocycles. The zero-order chi connectivity index (χ0) is 18.8. The van der Waals surface area contributed by atoms with Crippen molar-refractivity contribution in [2.75, 3.05) is 13.1 Å². The quantitative estimate of drug-likeness (QED) is 0.690. The highest BCUT2D eigenvalue weighted by atomic mass is 16.5. The van der Waals surface area contributed by atoms with E-state index in [0.717, 1.165) is 24.9 Å². The van der Waals surface area contributed by atoms with Gasteiger partial charge in [0.25, 0.3) is 0 Å². The standard InChI is InChI=1S/C18H21N7O2/c1-3-15(26)24-7-5-12(6-8-24)27-14-10-20-18-16(22-14)13(9-19-18)17-21-11-25(4-2)23-17/h3,9-12H,1,4-8H2,2H3,(H,19,20). The number of ether oxygens (including phenoxy) is 1. The van der Waals surface area contributed by atoms with Crippen LogP contribution in [-0.2, 0) is 11.3 Å². The summed E-state index contributed by atoms with van der Waals surface area (Å²) in [6, 6.07) is 0. The van der Waals surface area contributed by atoms with Crippen molar-refractivity contribution < 1.29 is 9.53 Å². The van der Waals surface area contributed by atoms with Crippen LogP contribution >= 0.6 is 0 Å². The fourth-order valence-corrected chi connectivity index (χ4v) is 3.17. The van der Waals surface area contributed by atoms with Crippen molar-refractivity contribution in [1.82, 2.24) is 34.6 Å². The monoisotopic (exact) mass is 367 g/mol. The van der Waals surface area contributed by atoms with Gasteiger partial charge in [-0.2, -0.15) is 5.10 Å². The van der Waals surface area contributed by atoms with Gasteiger partial charge in [0.2, 0.25) is 11.8 Å². The van der Waals surface area contributed by atoms with Crippen molar-refractivity contribution in [2.24, 2.45) is 0 Å². The van der Waals surface area contributed by atoms with Gasteiger partial charge in [-0.15, -0.1) is 0 Å². The lowest BCUT2D eigenvalue weighted by atomic mass is 10.1. The number of likely N-dealkylation sites (tertiary alicyclic amines) is 1. The van der Waals surface area contributed by atoms with Gasteiger partial charge in [0.1, 0.15) is 17.9 Å². The number of nitrogens with one attached hydrogen (secondary N) is 1. The minimum Gasteiger partial charge on any atom is -0.473 e. The number of fused-ring (bicyclic) bond motifs is 1. The van der Waals surface area contributed by atoms with E-state index in [9.17, 15) is 4.79 Å². The van der Waals surface area contributed by atoms with Crippen LogP contribution in [0.2, 0.25) is 0 Å². The zero-order valence-corrected chi connectivity index (χ0v) is 15.1. The van der Waals surface area contributed by atoms with Crippen LogP contribution in [0.15, 0.2) is 31.4 Å². The van der Waals surface area contributed by atoms with Crippen molar-refractivity contribution in [3.05, 3.63) is 31.4 Å². The Kier molecular flexibility index (Phi) is 4.57. The number of aryl methyl sites for hydroxylation is 1. The number of carbonyl (C=O) groups is 1. The molecule has 1 N–H and O–H groups in total. The first-order valence-corrected chi connectivity index (χ1v) is 9.00. The van der Waals surface area contributed by atoms with Crippen LogP contribution in [0.5, 0.6) is 5.88 Å². The molecule has 1 aliphatic heterocycles. The number of nitrogens with zero attached hydrogens (tertiary/aromatic N) is 6. The van der Waals surface area contributed by atoms with E-state index < -0.39 is 0 Å². The average molecular weight is 367 g/mol. The van der Waals surface area contributed by atoms with E-state index in [4.69, 9.17) is 4.74 Å². The largest absolute Gasteiger partial charge is 0.473 e. The van der Waals surface area contributed by atoms with Gasteiger partial charge in [-0.25, -0.2) is 15.0 Å². The number of hydrogen-bond donors (Lipinski definition) is 1. The summed E-state index contributed by atoms with van der Waals surface area (Å²) in [5.41, 5.74) is 2.14. The van der Waals surface area contributed by atoms with Crippen molar-refractivity contribution in [3.63, 3.8) is 0 Å². The first kappa shape index (κ1) is 17.2. The number of aromatic amines is 1. The molecule has 0 spiro atoms. The molecule has 1 fully saturated rings. The van der Waals surface area contributed by atoms with E-state index >= 15 is 0 Å². The molecule has 0 radical (unpaired) electrons. The Bertz CT molecular complexity index is 969. The molecule has 3 aromatic rings. The maximum Gasteiger partial charge on any atom is 0.245 e. The molecule has 0 aromatic carbocycles. The Hall–Kier alpha value is -3.23. The molecule has 0 unspecified atom stereocenters. The fraction of sp³-hybridized carbons (Fsp3) is 0.389. The lowest BCUT2D eigenvalue weighted by Crippen LogP contribution is -2.41. The van der Waals surface area contributed by atoms with Crippen LogP contribution in [-0.4, -0.2) is 59.7 Å². The Balaban J connectivity index is 1.51. The maximum absolute atomic E-state index is 11.7. The Morgan fingerprint density at radius 3 is 2.93 bits per heavy atom. The highest BCUT2D eigenvalue weighted by molar-refractivity contribution is 5.88. The predicted octanol–water partition coefficient (Wildman–Crippen LogP) is 1.79. The van der Waals surface area contributed by atoms with E-state index in [1.165, 1.54) is 6.08 Å². The molecule has 4 rings (SSSR count). The van der Waals surface area contributed by atoms with Crippen LogP contribution < -0.4 is 4.74 Å². The number of hydrogen-bond acceptors (Lipinski definition) is 6. The lowest BCUT2D eigenvalue weighted by Gasteiger charge is -2.31. The molecule has 0 saturated carbocycles. The number of amides is 1. The van der Waals surface area contributed by atoms with Gasteiger partial charge in [-0.05, 0) is 13.0 Å². The predicted molar refractivity (Wildman–Crippen MR) is 99.0 cm³/mol. The summed E-state index contributed by atoms with van der Waals surface area (Å²) in [6.45, 7) is 7.59. The first-order chi connectivity index (χ1) is 13.2. The van der Waals surface area contributed by atoms with Crippen molar-refractivity contribution in [3.8, 4) is 17.3 Å². The van der Waals surface area contributed by atoms with Crippen molar-refractivity contribution in [2.45, 2.75) is 32.4 Å². The SMILES string of the molecule is C=CC(=O)N1CCC(Oc2cnc3[nH]cc(-c4ncn(CC)n4)c3n2)CC1. The first-order valence-electron chi connectivity index (χ1n) is 9.00. The highest BCUT2D eigenvalue weighted by Crippen LogP contribution is 2.26. The lowest BCUT2D eigenvalue weighted by molar-refractivity contribution is -0.127. The van der Waals surface area contributed by atoms with Gasteiger partial charge >= 0.3 is 0 Å². The van der Waals surface area contributed by atoms with Crippen molar-refractivity contribution >= 4 is 17.1 Å². The van der Waals surface area contributed by atoms with Gasteiger partial charge in [0.15, 0.2) is 11.5 Å². The molecule has 1 aliphatic rings. The second-order valence-electron chi connectivity index (χ2n) is 6.38. The zero-order valence-electron chi connectivity index (χ0n) is 15.1. The summed E-state index contributed by atoms with van der Waals surface area (Å²) in [6.07, 6.45) is 7.97. The third-order valence-electron chi connectivity index (χ3n) is 4.68. The minimum atomic E-state index is -0.0364. The Labute approximate surface area is 156 Å². The molecule has 9 heteroatoms. The molecule has 0 atom stereocenters. The highest BCUT2D eigenvalue weighted by Gasteiger charge is 2.23. The Morgan fingerprint density at radius 1 is 1.41 bits per heavy atom. The van der Waals surface area contributed by atoms with Crippen LogP contribution in [0.4, 0.5) is 0 Å². The van der Waals surface area contributed by atoms with Gasteiger partial charge in [0, 0.05) is 38.7 Å². The van der Waals surface area contributed by atoms with Gasteiger partial charge in [0.05, 0.1) is 11.8 Å². The molecule has 140 valence electrons. The number of carbonyl (C=O) groups excluding carboxylic acids is 1. The van der Waals surface area contributed by atoms with Crippen LogP contribution in [0, 0.1) is 0 Å². The summed E-state index contributed by atoms with van der Waals surface area (Å²) in [4.78, 5) is 29.9. The van der Waals surface area contributed by atoms with Crippen LogP contribution in [0.1, 0.15) is 19.8 Å². The molecule has 0 aliphatic carbocycles. The number of piperidine rings is 1. The smallest absolute Gasteiger partial charge is 0.245 e. The normalized spacial score (nSPS) is 15.2. The van der Waals surface area contributed by atoms with E-state index in [1.54, 1.807) is 22.1 Å². The number of rotatable bonds is 5. The third kappa shape index (κ3) is 3.40. The van der Waals surface area contributed by atoms with Crippen LogP contribution in [0.3, 0.4) is 0 Å². The van der Waals surface area contributed by atoms with E-state index in [0.29, 0.717) is 36.0 Å². The third-order valence-corrected chi connectivity index (χ3v) is 4.68. The van der Waals surface area contributed by atoms with Crippen molar-refractivity contribution in [1.29, 1.82) is 0 Å². The molecular weight excluding hydrogens is 346 g/mol. The van der Waals surface area contributed by atoms with Gasteiger partial charge in [-0.3, -0.25) is 9.48 Å². The number of H-pyrrole nitrogens is 1. The van der Waals surface area contributed by atoms with Crippen LogP contribution in [0.25, 0.3) is 22.6 Å². The molecule has 27 heavy (non-hydrogen) atoms. The minimum absolute atomic E-state index is 0.00503. The average Bonchev–Trinajstić information content (AvgIpc) is 3.34. The maximum atomic E-state index is 11.7. The fourth-order valence-electron chi connectivity index (χ4n) is 3.17. The van der Waals surface area contributed by atoms with Gasteiger partial charge in [-0.1, -0.05) is 6.58 Å². The molecule has 1 amide bonds. The summed E-state index contributed by atoms with van der Waals surface area (Å²) >= 11 is 0. The Morgan fingerprint density at radius 2 is 2.22 bits per heavy atom. The molecule has 1 saturated heterocycles. The topological polar surface area (TPSA) is 102 Å². The molecule has 0 bridgehead atoms. The second kappa shape index (κ2) is 7.18. The molecular formula is C18H21N7O2.